The lowest BCUT2D eigenvalue weighted by Gasteiger charge is -2.02. The molecule has 0 fully saturated rings. The van der Waals surface area contributed by atoms with E-state index < -0.39 is 0 Å². The number of pyridine rings is 1. The van der Waals surface area contributed by atoms with Crippen LogP contribution in [0.25, 0.3) is 22.4 Å². The van der Waals surface area contributed by atoms with E-state index in [2.05, 4.69) is 32.6 Å². The first-order valence-electron chi connectivity index (χ1n) is 8.19. The van der Waals surface area contributed by atoms with Crippen molar-refractivity contribution in [3.05, 3.63) is 90.1 Å². The Morgan fingerprint density at radius 2 is 1.73 bits per heavy atom. The zero-order valence-corrected chi connectivity index (χ0v) is 14.7. The van der Waals surface area contributed by atoms with E-state index in [-0.39, 0.29) is 0 Å². The maximum Gasteiger partial charge on any atom is 0.203 e. The van der Waals surface area contributed by atoms with E-state index in [0.29, 0.717) is 0 Å². The molecular formula is C21H16N4S. The first-order chi connectivity index (χ1) is 12.9. The van der Waals surface area contributed by atoms with E-state index >= 15 is 0 Å². The van der Waals surface area contributed by atoms with Gasteiger partial charge in [-0.2, -0.15) is 5.10 Å². The highest BCUT2D eigenvalue weighted by Gasteiger charge is 2.03. The summed E-state index contributed by atoms with van der Waals surface area (Å²) in [5.41, 5.74) is 8.27. The Bertz CT molecular complexity index is 1010. The molecule has 0 atom stereocenters. The lowest BCUT2D eigenvalue weighted by Crippen LogP contribution is -1.90. The molecule has 4 aromatic rings. The standard InChI is InChI=1S/C21H16N4S/c1-2-7-17(8-3-1)20-15-26-21(24-20)25-23-13-16-6-4-9-18(12-16)19-10-5-11-22-14-19/h1-15H,(H,24,25). The third-order valence-electron chi connectivity index (χ3n) is 3.83. The molecule has 0 spiro atoms. The molecule has 0 amide bonds. The predicted octanol–water partition coefficient (Wildman–Crippen LogP) is 5.32. The minimum atomic E-state index is 0.767. The van der Waals surface area contributed by atoms with Crippen LogP contribution in [0.5, 0.6) is 0 Å². The van der Waals surface area contributed by atoms with Gasteiger partial charge in [0.1, 0.15) is 0 Å². The van der Waals surface area contributed by atoms with Crippen molar-refractivity contribution in [1.82, 2.24) is 9.97 Å². The summed E-state index contributed by atoms with van der Waals surface area (Å²) in [6.45, 7) is 0. The predicted molar refractivity (Wildman–Crippen MR) is 108 cm³/mol. The molecule has 2 aromatic carbocycles. The molecule has 26 heavy (non-hydrogen) atoms. The van der Waals surface area contributed by atoms with Crippen molar-refractivity contribution in [3.63, 3.8) is 0 Å². The van der Waals surface area contributed by atoms with Crippen molar-refractivity contribution in [2.24, 2.45) is 5.10 Å². The van der Waals surface area contributed by atoms with E-state index in [1.807, 2.05) is 66.2 Å². The fourth-order valence-electron chi connectivity index (χ4n) is 2.56. The van der Waals surface area contributed by atoms with Crippen LogP contribution in [-0.4, -0.2) is 16.2 Å². The minimum absolute atomic E-state index is 0.767. The second-order valence-corrected chi connectivity index (χ2v) is 6.50. The molecule has 0 saturated carbocycles. The van der Waals surface area contributed by atoms with Crippen molar-refractivity contribution in [3.8, 4) is 22.4 Å². The van der Waals surface area contributed by atoms with Gasteiger partial charge in [-0.3, -0.25) is 10.4 Å². The molecule has 126 valence electrons. The van der Waals surface area contributed by atoms with Gasteiger partial charge >= 0.3 is 0 Å². The number of hydrazone groups is 1. The third-order valence-corrected chi connectivity index (χ3v) is 4.58. The van der Waals surface area contributed by atoms with Crippen LogP contribution in [0, 0.1) is 0 Å². The van der Waals surface area contributed by atoms with Gasteiger partial charge in [-0.15, -0.1) is 11.3 Å². The molecule has 4 rings (SSSR count). The Morgan fingerprint density at radius 1 is 0.885 bits per heavy atom. The van der Waals surface area contributed by atoms with Gasteiger partial charge in [-0.1, -0.05) is 54.6 Å². The smallest absolute Gasteiger partial charge is 0.203 e. The van der Waals surface area contributed by atoms with Crippen LogP contribution in [0.15, 0.2) is 89.6 Å². The van der Waals surface area contributed by atoms with Gasteiger partial charge in [0.05, 0.1) is 11.9 Å². The van der Waals surface area contributed by atoms with Gasteiger partial charge in [-0.05, 0) is 23.3 Å². The summed E-state index contributed by atoms with van der Waals surface area (Å²) in [4.78, 5) is 8.73. The highest BCUT2D eigenvalue weighted by atomic mass is 32.1. The Kier molecular flexibility index (Phi) is 4.80. The minimum Gasteiger partial charge on any atom is -0.264 e. The molecule has 0 bridgehead atoms. The van der Waals surface area contributed by atoms with Gasteiger partial charge in [0.2, 0.25) is 5.13 Å². The monoisotopic (exact) mass is 356 g/mol. The van der Waals surface area contributed by atoms with Gasteiger partial charge < -0.3 is 0 Å². The number of nitrogens with zero attached hydrogens (tertiary/aromatic N) is 3. The maximum atomic E-state index is 4.56. The van der Waals surface area contributed by atoms with Crippen LogP contribution in [0.1, 0.15) is 5.56 Å². The van der Waals surface area contributed by atoms with E-state index in [1.54, 1.807) is 12.4 Å². The van der Waals surface area contributed by atoms with E-state index in [4.69, 9.17) is 0 Å². The average molecular weight is 356 g/mol. The zero-order chi connectivity index (χ0) is 17.6. The molecule has 2 heterocycles. The summed E-state index contributed by atoms with van der Waals surface area (Å²) < 4.78 is 0. The molecule has 0 aliphatic rings. The molecular weight excluding hydrogens is 340 g/mol. The largest absolute Gasteiger partial charge is 0.264 e. The zero-order valence-electron chi connectivity index (χ0n) is 13.9. The van der Waals surface area contributed by atoms with E-state index in [0.717, 1.165) is 33.1 Å². The highest BCUT2D eigenvalue weighted by molar-refractivity contribution is 7.14. The highest BCUT2D eigenvalue weighted by Crippen LogP contribution is 2.24. The average Bonchev–Trinajstić information content (AvgIpc) is 3.19. The Labute approximate surface area is 155 Å². The number of hydrogen-bond donors (Lipinski definition) is 1. The van der Waals surface area contributed by atoms with Gasteiger partial charge in [0, 0.05) is 28.9 Å². The van der Waals surface area contributed by atoms with Crippen molar-refractivity contribution in [2.45, 2.75) is 0 Å². The van der Waals surface area contributed by atoms with Gasteiger partial charge in [0.15, 0.2) is 0 Å². The molecule has 0 aliphatic heterocycles. The summed E-state index contributed by atoms with van der Waals surface area (Å²) in [5, 5.41) is 7.10. The summed E-state index contributed by atoms with van der Waals surface area (Å²) in [6, 6.07) is 22.3. The summed E-state index contributed by atoms with van der Waals surface area (Å²) in [7, 11) is 0. The van der Waals surface area contributed by atoms with Crippen LogP contribution < -0.4 is 5.43 Å². The fourth-order valence-corrected chi connectivity index (χ4v) is 3.23. The maximum absolute atomic E-state index is 4.56. The molecule has 0 radical (unpaired) electrons. The second kappa shape index (κ2) is 7.72. The second-order valence-electron chi connectivity index (χ2n) is 5.64. The van der Waals surface area contributed by atoms with E-state index in [1.165, 1.54) is 11.3 Å². The normalized spacial score (nSPS) is 10.9. The number of nitrogens with one attached hydrogen (secondary N) is 1. The van der Waals surface area contributed by atoms with Crippen LogP contribution >= 0.6 is 11.3 Å². The lowest BCUT2D eigenvalue weighted by molar-refractivity contribution is 1.29. The molecule has 0 saturated heterocycles. The lowest BCUT2D eigenvalue weighted by atomic mass is 10.1. The number of aromatic nitrogens is 2. The third kappa shape index (κ3) is 3.84. The number of anilines is 1. The first kappa shape index (κ1) is 16.2. The Balaban J connectivity index is 1.45. The molecule has 2 aromatic heterocycles. The van der Waals surface area contributed by atoms with Gasteiger partial charge in [0.25, 0.3) is 0 Å². The van der Waals surface area contributed by atoms with Crippen molar-refractivity contribution < 1.29 is 0 Å². The van der Waals surface area contributed by atoms with Gasteiger partial charge in [-0.25, -0.2) is 4.98 Å². The fraction of sp³-hybridized carbons (Fsp3) is 0. The number of hydrogen-bond acceptors (Lipinski definition) is 5. The summed E-state index contributed by atoms with van der Waals surface area (Å²) >= 11 is 1.54. The number of rotatable bonds is 5. The summed E-state index contributed by atoms with van der Waals surface area (Å²) in [6.07, 6.45) is 5.43. The first-order valence-corrected chi connectivity index (χ1v) is 9.07. The molecule has 4 nitrogen and oxygen atoms in total. The SMILES string of the molecule is C(=NNc1nc(-c2ccccc2)cs1)c1cccc(-c2cccnc2)c1. The van der Waals surface area contributed by atoms with Crippen molar-refractivity contribution in [2.75, 3.05) is 5.43 Å². The number of thiazole rings is 1. The Morgan fingerprint density at radius 3 is 2.58 bits per heavy atom. The van der Waals surface area contributed by atoms with Crippen LogP contribution in [0.4, 0.5) is 5.13 Å². The van der Waals surface area contributed by atoms with Crippen LogP contribution in [0.3, 0.4) is 0 Å². The summed E-state index contributed by atoms with van der Waals surface area (Å²) in [5.74, 6) is 0. The molecule has 0 aliphatic carbocycles. The van der Waals surface area contributed by atoms with Crippen molar-refractivity contribution >= 4 is 22.7 Å². The molecule has 1 N–H and O–H groups in total. The Hall–Kier alpha value is -3.31. The van der Waals surface area contributed by atoms with Crippen LogP contribution in [-0.2, 0) is 0 Å². The number of benzene rings is 2. The van der Waals surface area contributed by atoms with Crippen molar-refractivity contribution in [1.29, 1.82) is 0 Å². The van der Waals surface area contributed by atoms with E-state index in [9.17, 15) is 0 Å². The topological polar surface area (TPSA) is 50.2 Å². The van der Waals surface area contributed by atoms with Crippen LogP contribution in [0.2, 0.25) is 0 Å². The molecule has 0 unspecified atom stereocenters. The quantitative estimate of drug-likeness (QED) is 0.389. The molecule has 5 heteroatoms.